The average Bonchev–Trinajstić information content (AvgIpc) is 2.75. The molecular weight excluding hydrogens is 238 g/mol. The number of rotatable bonds is 4. The Labute approximate surface area is 105 Å². The quantitative estimate of drug-likeness (QED) is 0.896. The van der Waals surface area contributed by atoms with Gasteiger partial charge in [-0.25, -0.2) is 8.78 Å². The van der Waals surface area contributed by atoms with Crippen molar-refractivity contribution < 1.29 is 13.6 Å². The molecule has 1 saturated heterocycles. The SMILES string of the molecule is CC(Nc1cccc(N2CCCC2=O)c1)C(F)F. The molecule has 0 spiro atoms. The molecule has 2 rings (SSSR count). The molecule has 1 atom stereocenters. The van der Waals surface area contributed by atoms with E-state index in [1.807, 2.05) is 6.07 Å². The van der Waals surface area contributed by atoms with E-state index in [0.29, 0.717) is 18.7 Å². The lowest BCUT2D eigenvalue weighted by atomic mass is 10.2. The topological polar surface area (TPSA) is 32.3 Å². The summed E-state index contributed by atoms with van der Waals surface area (Å²) in [6, 6.07) is 6.14. The molecule has 1 heterocycles. The summed E-state index contributed by atoms with van der Waals surface area (Å²) in [5, 5.41) is 2.73. The Bertz CT molecular complexity index is 437. The van der Waals surface area contributed by atoms with E-state index in [-0.39, 0.29) is 5.91 Å². The molecule has 1 unspecified atom stereocenters. The molecule has 5 heteroatoms. The first-order valence-corrected chi connectivity index (χ1v) is 6.03. The van der Waals surface area contributed by atoms with E-state index in [4.69, 9.17) is 0 Å². The Balaban J connectivity index is 2.12. The number of carbonyl (C=O) groups excluding carboxylic acids is 1. The van der Waals surface area contributed by atoms with Crippen LogP contribution in [0, 0.1) is 0 Å². The lowest BCUT2D eigenvalue weighted by Crippen LogP contribution is -2.25. The Morgan fingerprint density at radius 1 is 1.39 bits per heavy atom. The second-order valence-electron chi connectivity index (χ2n) is 4.47. The van der Waals surface area contributed by atoms with Gasteiger partial charge < -0.3 is 10.2 Å². The standard InChI is InChI=1S/C13H16F2N2O/c1-9(13(14)15)16-10-4-2-5-11(8-10)17-7-3-6-12(17)18/h2,4-5,8-9,13,16H,3,6-7H2,1H3. The fraction of sp³-hybridized carbons (Fsp3) is 0.462. The van der Waals surface area contributed by atoms with Gasteiger partial charge in [0.2, 0.25) is 5.91 Å². The first-order chi connectivity index (χ1) is 8.58. The van der Waals surface area contributed by atoms with Crippen LogP contribution in [-0.2, 0) is 4.79 Å². The van der Waals surface area contributed by atoms with Crippen LogP contribution in [0.3, 0.4) is 0 Å². The average molecular weight is 254 g/mol. The van der Waals surface area contributed by atoms with Crippen LogP contribution in [0.1, 0.15) is 19.8 Å². The Morgan fingerprint density at radius 3 is 2.78 bits per heavy atom. The van der Waals surface area contributed by atoms with Crippen molar-refractivity contribution >= 4 is 17.3 Å². The maximum absolute atomic E-state index is 12.5. The molecule has 1 fully saturated rings. The molecule has 1 amide bonds. The first-order valence-electron chi connectivity index (χ1n) is 6.03. The van der Waals surface area contributed by atoms with Gasteiger partial charge in [0.05, 0.1) is 6.04 Å². The highest BCUT2D eigenvalue weighted by molar-refractivity contribution is 5.95. The smallest absolute Gasteiger partial charge is 0.258 e. The zero-order chi connectivity index (χ0) is 13.1. The molecule has 0 aromatic heterocycles. The zero-order valence-corrected chi connectivity index (χ0v) is 10.2. The molecule has 1 aromatic carbocycles. The molecular formula is C13H16F2N2O. The highest BCUT2D eigenvalue weighted by Crippen LogP contribution is 2.24. The summed E-state index contributed by atoms with van der Waals surface area (Å²) >= 11 is 0. The number of alkyl halides is 2. The normalized spacial score (nSPS) is 17.3. The molecule has 0 radical (unpaired) electrons. The van der Waals surface area contributed by atoms with E-state index in [0.717, 1.165) is 12.1 Å². The minimum Gasteiger partial charge on any atom is -0.377 e. The molecule has 18 heavy (non-hydrogen) atoms. The van der Waals surface area contributed by atoms with E-state index < -0.39 is 12.5 Å². The fourth-order valence-corrected chi connectivity index (χ4v) is 2.01. The van der Waals surface area contributed by atoms with Crippen LogP contribution in [0.2, 0.25) is 0 Å². The molecule has 1 aliphatic rings. The number of hydrogen-bond acceptors (Lipinski definition) is 2. The van der Waals surface area contributed by atoms with Crippen molar-refractivity contribution in [3.05, 3.63) is 24.3 Å². The molecule has 1 aromatic rings. The summed E-state index contributed by atoms with van der Waals surface area (Å²) in [6.45, 7) is 2.13. The maximum atomic E-state index is 12.5. The minimum absolute atomic E-state index is 0.0917. The van der Waals surface area contributed by atoms with Crippen molar-refractivity contribution in [1.29, 1.82) is 0 Å². The molecule has 0 saturated carbocycles. The van der Waals surface area contributed by atoms with Gasteiger partial charge in [-0.1, -0.05) is 6.07 Å². The second-order valence-corrected chi connectivity index (χ2v) is 4.47. The van der Waals surface area contributed by atoms with E-state index in [2.05, 4.69) is 5.32 Å². The molecule has 1 aliphatic heterocycles. The number of nitrogens with one attached hydrogen (secondary N) is 1. The van der Waals surface area contributed by atoms with E-state index in [1.165, 1.54) is 6.92 Å². The van der Waals surface area contributed by atoms with Crippen molar-refractivity contribution in [3.8, 4) is 0 Å². The highest BCUT2D eigenvalue weighted by Gasteiger charge is 2.22. The second kappa shape index (κ2) is 5.33. The van der Waals surface area contributed by atoms with Gasteiger partial charge in [0, 0.05) is 24.3 Å². The van der Waals surface area contributed by atoms with Crippen molar-refractivity contribution in [2.75, 3.05) is 16.8 Å². The molecule has 0 bridgehead atoms. The largest absolute Gasteiger partial charge is 0.377 e. The predicted octanol–water partition coefficient (Wildman–Crippen LogP) is 2.88. The fourth-order valence-electron chi connectivity index (χ4n) is 2.01. The van der Waals surface area contributed by atoms with Gasteiger partial charge in [0.1, 0.15) is 0 Å². The third-order valence-electron chi connectivity index (χ3n) is 3.00. The zero-order valence-electron chi connectivity index (χ0n) is 10.2. The van der Waals surface area contributed by atoms with Crippen molar-refractivity contribution in [1.82, 2.24) is 0 Å². The summed E-state index contributed by atoms with van der Waals surface area (Å²) in [5.41, 5.74) is 1.38. The molecule has 1 N–H and O–H groups in total. The van der Waals surface area contributed by atoms with Crippen LogP contribution in [-0.4, -0.2) is 24.9 Å². The monoisotopic (exact) mass is 254 g/mol. The third-order valence-corrected chi connectivity index (χ3v) is 3.00. The molecule has 98 valence electrons. The molecule has 0 aliphatic carbocycles. The van der Waals surface area contributed by atoms with Gasteiger partial charge in [-0.2, -0.15) is 0 Å². The van der Waals surface area contributed by atoms with Crippen LogP contribution < -0.4 is 10.2 Å². The first kappa shape index (κ1) is 12.8. The van der Waals surface area contributed by atoms with Crippen molar-refractivity contribution in [2.45, 2.75) is 32.2 Å². The summed E-state index contributed by atoms with van der Waals surface area (Å²) in [5.74, 6) is 0.0917. The number of benzene rings is 1. The van der Waals surface area contributed by atoms with Crippen LogP contribution in [0.4, 0.5) is 20.2 Å². The third kappa shape index (κ3) is 2.78. The summed E-state index contributed by atoms with van der Waals surface area (Å²) < 4.78 is 24.9. The maximum Gasteiger partial charge on any atom is 0.258 e. The predicted molar refractivity (Wildman–Crippen MR) is 67.1 cm³/mol. The van der Waals surface area contributed by atoms with Crippen molar-refractivity contribution in [3.63, 3.8) is 0 Å². The number of hydrogen-bond donors (Lipinski definition) is 1. The van der Waals surface area contributed by atoms with Crippen LogP contribution in [0.15, 0.2) is 24.3 Å². The van der Waals surface area contributed by atoms with Gasteiger partial charge in [0.25, 0.3) is 6.43 Å². The van der Waals surface area contributed by atoms with Crippen LogP contribution >= 0.6 is 0 Å². The number of anilines is 2. The van der Waals surface area contributed by atoms with Crippen LogP contribution in [0.25, 0.3) is 0 Å². The number of carbonyl (C=O) groups is 1. The number of amides is 1. The Morgan fingerprint density at radius 2 is 2.17 bits per heavy atom. The van der Waals surface area contributed by atoms with Gasteiger partial charge in [-0.15, -0.1) is 0 Å². The van der Waals surface area contributed by atoms with Gasteiger partial charge in [-0.3, -0.25) is 4.79 Å². The number of nitrogens with zero attached hydrogens (tertiary/aromatic N) is 1. The summed E-state index contributed by atoms with van der Waals surface area (Å²) in [6.07, 6.45) is -1.00. The number of halogens is 2. The van der Waals surface area contributed by atoms with Gasteiger partial charge in [0.15, 0.2) is 0 Å². The summed E-state index contributed by atoms with van der Waals surface area (Å²) in [4.78, 5) is 13.3. The minimum atomic E-state index is -2.41. The lowest BCUT2D eigenvalue weighted by Gasteiger charge is -2.19. The highest BCUT2D eigenvalue weighted by atomic mass is 19.3. The Hall–Kier alpha value is -1.65. The lowest BCUT2D eigenvalue weighted by molar-refractivity contribution is -0.117. The van der Waals surface area contributed by atoms with E-state index >= 15 is 0 Å². The molecule has 3 nitrogen and oxygen atoms in total. The summed E-state index contributed by atoms with van der Waals surface area (Å²) in [7, 11) is 0. The van der Waals surface area contributed by atoms with Gasteiger partial charge >= 0.3 is 0 Å². The Kier molecular flexibility index (Phi) is 3.79. The van der Waals surface area contributed by atoms with Crippen LogP contribution in [0.5, 0.6) is 0 Å². The van der Waals surface area contributed by atoms with E-state index in [1.54, 1.807) is 23.1 Å². The van der Waals surface area contributed by atoms with Gasteiger partial charge in [-0.05, 0) is 31.5 Å². The van der Waals surface area contributed by atoms with E-state index in [9.17, 15) is 13.6 Å². The van der Waals surface area contributed by atoms with Crippen molar-refractivity contribution in [2.24, 2.45) is 0 Å².